The first-order chi connectivity index (χ1) is 8.10. The number of morpholine rings is 1. The van der Waals surface area contributed by atoms with Crippen molar-refractivity contribution in [2.45, 2.75) is 32.1 Å². The second-order valence-corrected chi connectivity index (χ2v) is 5.39. The smallest absolute Gasteiger partial charge is 0.169 e. The van der Waals surface area contributed by atoms with Crippen molar-refractivity contribution in [3.8, 4) is 0 Å². The average molecular weight is 303 g/mol. The summed E-state index contributed by atoms with van der Waals surface area (Å²) in [5.74, 6) is 0.917. The lowest BCUT2D eigenvalue weighted by Crippen LogP contribution is -2.48. The van der Waals surface area contributed by atoms with Crippen molar-refractivity contribution in [1.29, 1.82) is 0 Å². The molecule has 3 unspecified atom stereocenters. The molecule has 17 heavy (non-hydrogen) atoms. The molecule has 2 rings (SSSR count). The number of halogens is 1. The second kappa shape index (κ2) is 5.52. The Balaban J connectivity index is 2.12. The second-order valence-electron chi connectivity index (χ2n) is 4.60. The third-order valence-electron chi connectivity index (χ3n) is 3.03. The SMILES string of the molecule is CC1CN(C(CN)c2ccc(Br)o2)CC(C)O1. The Kier molecular flexibility index (Phi) is 4.25. The van der Waals surface area contributed by atoms with Gasteiger partial charge in [-0.2, -0.15) is 0 Å². The first-order valence-corrected chi connectivity index (χ1v) is 6.74. The number of ether oxygens (including phenoxy) is 1. The minimum Gasteiger partial charge on any atom is -0.453 e. The molecule has 1 aromatic heterocycles. The van der Waals surface area contributed by atoms with Crippen LogP contribution >= 0.6 is 15.9 Å². The molecule has 96 valence electrons. The zero-order chi connectivity index (χ0) is 12.4. The molecule has 2 heterocycles. The van der Waals surface area contributed by atoms with Crippen LogP contribution in [0, 0.1) is 0 Å². The minimum atomic E-state index is 0.134. The van der Waals surface area contributed by atoms with Gasteiger partial charge >= 0.3 is 0 Å². The molecule has 1 fully saturated rings. The van der Waals surface area contributed by atoms with Gasteiger partial charge in [0, 0.05) is 19.6 Å². The van der Waals surface area contributed by atoms with Crippen LogP contribution in [0.25, 0.3) is 0 Å². The van der Waals surface area contributed by atoms with Crippen molar-refractivity contribution in [3.05, 3.63) is 22.6 Å². The summed E-state index contributed by atoms with van der Waals surface area (Å²) in [4.78, 5) is 2.34. The van der Waals surface area contributed by atoms with E-state index in [1.165, 1.54) is 0 Å². The van der Waals surface area contributed by atoms with E-state index in [0.29, 0.717) is 6.54 Å². The molecule has 5 heteroatoms. The summed E-state index contributed by atoms with van der Waals surface area (Å²) in [5, 5.41) is 0. The highest BCUT2D eigenvalue weighted by Crippen LogP contribution is 2.27. The molecule has 0 aromatic carbocycles. The normalized spacial score (nSPS) is 28.2. The maximum absolute atomic E-state index is 5.88. The molecule has 0 bridgehead atoms. The van der Waals surface area contributed by atoms with Crippen LogP contribution < -0.4 is 5.73 Å². The van der Waals surface area contributed by atoms with Gasteiger partial charge in [0.05, 0.1) is 18.2 Å². The maximum atomic E-state index is 5.88. The zero-order valence-electron chi connectivity index (χ0n) is 10.2. The summed E-state index contributed by atoms with van der Waals surface area (Å²) >= 11 is 3.33. The summed E-state index contributed by atoms with van der Waals surface area (Å²) in [5.41, 5.74) is 5.88. The van der Waals surface area contributed by atoms with Crippen LogP contribution in [0.1, 0.15) is 25.6 Å². The fraction of sp³-hybridized carbons (Fsp3) is 0.667. The van der Waals surface area contributed by atoms with Crippen LogP contribution in [0.4, 0.5) is 0 Å². The largest absolute Gasteiger partial charge is 0.453 e. The molecular formula is C12H19BrN2O2. The standard InChI is InChI=1S/C12H19BrN2O2/c1-8-6-15(7-9(2)16-8)10(5-14)11-3-4-12(13)17-11/h3-4,8-10H,5-7,14H2,1-2H3. The van der Waals surface area contributed by atoms with Gasteiger partial charge in [0.1, 0.15) is 5.76 Å². The Labute approximate surface area is 110 Å². The number of rotatable bonds is 3. The predicted octanol–water partition coefficient (Wildman–Crippen LogP) is 2.15. The fourth-order valence-electron chi connectivity index (χ4n) is 2.42. The topological polar surface area (TPSA) is 51.6 Å². The summed E-state index contributed by atoms with van der Waals surface area (Å²) < 4.78 is 12.1. The first-order valence-electron chi connectivity index (χ1n) is 5.95. The molecule has 1 saturated heterocycles. The summed E-state index contributed by atoms with van der Waals surface area (Å²) in [6.45, 7) is 6.52. The molecule has 0 amide bonds. The summed E-state index contributed by atoms with van der Waals surface area (Å²) in [7, 11) is 0. The lowest BCUT2D eigenvalue weighted by molar-refractivity contribution is -0.0819. The highest BCUT2D eigenvalue weighted by atomic mass is 79.9. The van der Waals surface area contributed by atoms with Crippen molar-refractivity contribution in [2.24, 2.45) is 5.73 Å². The van der Waals surface area contributed by atoms with E-state index >= 15 is 0 Å². The molecule has 0 spiro atoms. The Morgan fingerprint density at radius 3 is 2.53 bits per heavy atom. The number of nitrogens with two attached hydrogens (primary N) is 1. The van der Waals surface area contributed by atoms with Crippen LogP contribution in [0.5, 0.6) is 0 Å². The van der Waals surface area contributed by atoms with Crippen LogP contribution in [0.2, 0.25) is 0 Å². The van der Waals surface area contributed by atoms with E-state index < -0.39 is 0 Å². The number of furan rings is 1. The van der Waals surface area contributed by atoms with Gasteiger partial charge in [-0.1, -0.05) is 0 Å². The van der Waals surface area contributed by atoms with Gasteiger partial charge < -0.3 is 14.9 Å². The highest BCUT2D eigenvalue weighted by Gasteiger charge is 2.29. The van der Waals surface area contributed by atoms with Crippen molar-refractivity contribution in [1.82, 2.24) is 4.90 Å². The molecule has 3 atom stereocenters. The van der Waals surface area contributed by atoms with Gasteiger partial charge in [0.15, 0.2) is 4.67 Å². The van der Waals surface area contributed by atoms with E-state index in [-0.39, 0.29) is 18.2 Å². The predicted molar refractivity (Wildman–Crippen MR) is 69.8 cm³/mol. The lowest BCUT2D eigenvalue weighted by atomic mass is 10.1. The Morgan fingerprint density at radius 1 is 1.41 bits per heavy atom. The fourth-order valence-corrected chi connectivity index (χ4v) is 2.74. The van der Waals surface area contributed by atoms with Gasteiger partial charge in [-0.15, -0.1) is 0 Å². The van der Waals surface area contributed by atoms with Gasteiger partial charge in [0.25, 0.3) is 0 Å². The number of hydrogen-bond acceptors (Lipinski definition) is 4. The third-order valence-corrected chi connectivity index (χ3v) is 3.46. The lowest BCUT2D eigenvalue weighted by Gasteiger charge is -2.39. The molecule has 4 nitrogen and oxygen atoms in total. The monoisotopic (exact) mass is 302 g/mol. The van der Waals surface area contributed by atoms with E-state index in [2.05, 4.69) is 34.7 Å². The van der Waals surface area contributed by atoms with E-state index in [1.807, 2.05) is 12.1 Å². The number of hydrogen-bond donors (Lipinski definition) is 1. The van der Waals surface area contributed by atoms with Crippen molar-refractivity contribution in [2.75, 3.05) is 19.6 Å². The van der Waals surface area contributed by atoms with Gasteiger partial charge in [0.2, 0.25) is 0 Å². The third kappa shape index (κ3) is 3.10. The Bertz CT molecular complexity index is 359. The van der Waals surface area contributed by atoms with Gasteiger partial charge in [-0.05, 0) is 41.9 Å². The van der Waals surface area contributed by atoms with E-state index in [0.717, 1.165) is 23.5 Å². The van der Waals surface area contributed by atoms with E-state index in [9.17, 15) is 0 Å². The molecule has 1 aromatic rings. The van der Waals surface area contributed by atoms with Crippen LogP contribution in [0.15, 0.2) is 21.2 Å². The highest BCUT2D eigenvalue weighted by molar-refractivity contribution is 9.10. The molecule has 0 radical (unpaired) electrons. The zero-order valence-corrected chi connectivity index (χ0v) is 11.8. The van der Waals surface area contributed by atoms with Crippen molar-refractivity contribution < 1.29 is 9.15 Å². The van der Waals surface area contributed by atoms with Crippen molar-refractivity contribution >= 4 is 15.9 Å². The van der Waals surface area contributed by atoms with Gasteiger partial charge in [-0.3, -0.25) is 4.90 Å². The van der Waals surface area contributed by atoms with Crippen LogP contribution in [-0.2, 0) is 4.74 Å². The van der Waals surface area contributed by atoms with E-state index in [4.69, 9.17) is 14.9 Å². The Morgan fingerprint density at radius 2 is 2.06 bits per heavy atom. The first kappa shape index (κ1) is 13.1. The molecule has 0 aliphatic carbocycles. The molecular weight excluding hydrogens is 284 g/mol. The van der Waals surface area contributed by atoms with E-state index in [1.54, 1.807) is 0 Å². The van der Waals surface area contributed by atoms with Crippen LogP contribution in [-0.4, -0.2) is 36.7 Å². The molecule has 1 aliphatic heterocycles. The molecule has 1 aliphatic rings. The van der Waals surface area contributed by atoms with Crippen molar-refractivity contribution in [3.63, 3.8) is 0 Å². The maximum Gasteiger partial charge on any atom is 0.169 e. The number of nitrogens with zero attached hydrogens (tertiary/aromatic N) is 1. The molecule has 2 N–H and O–H groups in total. The van der Waals surface area contributed by atoms with Crippen LogP contribution in [0.3, 0.4) is 0 Å². The quantitative estimate of drug-likeness (QED) is 0.929. The van der Waals surface area contributed by atoms with Gasteiger partial charge in [-0.25, -0.2) is 0 Å². The summed E-state index contributed by atoms with van der Waals surface area (Å²) in [6.07, 6.45) is 0.484. The minimum absolute atomic E-state index is 0.134. The Hall–Kier alpha value is -0.360. The summed E-state index contributed by atoms with van der Waals surface area (Å²) in [6, 6.07) is 4.02. The molecule has 0 saturated carbocycles. The average Bonchev–Trinajstić information content (AvgIpc) is 2.64.